The van der Waals surface area contributed by atoms with Gasteiger partial charge in [-0.2, -0.15) is 0 Å². The van der Waals surface area contributed by atoms with Crippen molar-refractivity contribution in [3.63, 3.8) is 0 Å². The van der Waals surface area contributed by atoms with Gasteiger partial charge in [-0.25, -0.2) is 4.79 Å². The van der Waals surface area contributed by atoms with E-state index >= 15 is 0 Å². The van der Waals surface area contributed by atoms with E-state index in [9.17, 15) is 14.4 Å². The average molecular weight is 468 g/mol. The van der Waals surface area contributed by atoms with E-state index < -0.39 is 5.97 Å². The monoisotopic (exact) mass is 467 g/mol. The molecule has 0 spiro atoms. The maximum Gasteiger partial charge on any atom is 0.337 e. The summed E-state index contributed by atoms with van der Waals surface area (Å²) >= 11 is 1.24. The fourth-order valence-corrected chi connectivity index (χ4v) is 3.95. The first-order valence-electron chi connectivity index (χ1n) is 10.3. The van der Waals surface area contributed by atoms with Crippen LogP contribution in [0.25, 0.3) is 0 Å². The molecule has 1 heterocycles. The molecule has 33 heavy (non-hydrogen) atoms. The second-order valence-corrected chi connectivity index (χ2v) is 7.99. The molecule has 172 valence electrons. The van der Waals surface area contributed by atoms with Gasteiger partial charge in [-0.3, -0.25) is 9.59 Å². The van der Waals surface area contributed by atoms with Gasteiger partial charge in [0.25, 0.3) is 5.91 Å². The average Bonchev–Trinajstić information content (AvgIpc) is 3.22. The van der Waals surface area contributed by atoms with E-state index in [0.717, 1.165) is 5.56 Å². The predicted octanol–water partition coefficient (Wildman–Crippen LogP) is 3.05. The topological polar surface area (TPSA) is 115 Å². The standard InChI is InChI=1S/C23H25N5O4S/c1-4-28-19(13-24-21(30)18-11-6-5-8-15(18)2)26-27-23(28)33-14-20(29)25-17-10-7-9-16(12-17)22(31)32-3/h5-12H,4,13-14H2,1-3H3,(H,24,30)(H,25,29). The number of benzene rings is 2. The summed E-state index contributed by atoms with van der Waals surface area (Å²) in [4.78, 5) is 36.5. The van der Waals surface area contributed by atoms with Gasteiger partial charge in [0.2, 0.25) is 5.91 Å². The molecule has 0 aliphatic carbocycles. The lowest BCUT2D eigenvalue weighted by molar-refractivity contribution is -0.113. The van der Waals surface area contributed by atoms with Crippen LogP contribution in [-0.2, 0) is 22.6 Å². The van der Waals surface area contributed by atoms with Crippen molar-refractivity contribution in [3.8, 4) is 0 Å². The molecule has 0 aliphatic rings. The highest BCUT2D eigenvalue weighted by molar-refractivity contribution is 7.99. The van der Waals surface area contributed by atoms with Gasteiger partial charge in [-0.1, -0.05) is 36.0 Å². The van der Waals surface area contributed by atoms with Gasteiger partial charge in [0.05, 0.1) is 25.0 Å². The van der Waals surface area contributed by atoms with Gasteiger partial charge >= 0.3 is 5.97 Å². The summed E-state index contributed by atoms with van der Waals surface area (Å²) in [6, 6.07) is 13.9. The molecule has 3 aromatic rings. The van der Waals surface area contributed by atoms with E-state index in [2.05, 4.69) is 20.8 Å². The third-order valence-electron chi connectivity index (χ3n) is 4.81. The maximum atomic E-state index is 12.5. The number of esters is 1. The van der Waals surface area contributed by atoms with Crippen molar-refractivity contribution in [3.05, 3.63) is 71.0 Å². The molecule has 0 unspecified atom stereocenters. The summed E-state index contributed by atoms with van der Waals surface area (Å²) < 4.78 is 6.55. The lowest BCUT2D eigenvalue weighted by Gasteiger charge is -2.10. The predicted molar refractivity (Wildman–Crippen MR) is 125 cm³/mol. The van der Waals surface area contributed by atoms with Crippen LogP contribution in [-0.4, -0.2) is 45.4 Å². The largest absolute Gasteiger partial charge is 0.465 e. The minimum Gasteiger partial charge on any atom is -0.465 e. The molecule has 0 saturated heterocycles. The number of carbonyl (C=O) groups is 3. The third-order valence-corrected chi connectivity index (χ3v) is 5.77. The number of thioether (sulfide) groups is 1. The van der Waals surface area contributed by atoms with Crippen molar-refractivity contribution >= 4 is 35.2 Å². The first-order chi connectivity index (χ1) is 15.9. The molecule has 0 bridgehead atoms. The van der Waals surface area contributed by atoms with Crippen molar-refractivity contribution in [1.29, 1.82) is 0 Å². The number of carbonyl (C=O) groups excluding carboxylic acids is 3. The van der Waals surface area contributed by atoms with Crippen LogP contribution in [0.5, 0.6) is 0 Å². The van der Waals surface area contributed by atoms with E-state index in [1.165, 1.54) is 18.9 Å². The highest BCUT2D eigenvalue weighted by Gasteiger charge is 2.15. The SMILES string of the molecule is CCn1c(CNC(=O)c2ccccc2C)nnc1SCC(=O)Nc1cccc(C(=O)OC)c1. The zero-order chi connectivity index (χ0) is 23.8. The van der Waals surface area contributed by atoms with Crippen LogP contribution >= 0.6 is 11.8 Å². The summed E-state index contributed by atoms with van der Waals surface area (Å²) in [5, 5.41) is 14.5. The summed E-state index contributed by atoms with van der Waals surface area (Å²) in [6.45, 7) is 4.64. The molecule has 0 aliphatic heterocycles. The molecule has 0 saturated carbocycles. The van der Waals surface area contributed by atoms with Crippen molar-refractivity contribution < 1.29 is 19.1 Å². The van der Waals surface area contributed by atoms with Crippen LogP contribution in [0.2, 0.25) is 0 Å². The number of amides is 2. The lowest BCUT2D eigenvalue weighted by Crippen LogP contribution is -2.25. The highest BCUT2D eigenvalue weighted by atomic mass is 32.2. The number of ether oxygens (including phenoxy) is 1. The fourth-order valence-electron chi connectivity index (χ4n) is 3.13. The van der Waals surface area contributed by atoms with Gasteiger partial charge < -0.3 is 19.9 Å². The van der Waals surface area contributed by atoms with E-state index in [4.69, 9.17) is 4.74 Å². The van der Waals surface area contributed by atoms with Gasteiger partial charge in [0.15, 0.2) is 11.0 Å². The summed E-state index contributed by atoms with van der Waals surface area (Å²) in [6.07, 6.45) is 0. The van der Waals surface area contributed by atoms with Crippen LogP contribution in [0.4, 0.5) is 5.69 Å². The van der Waals surface area contributed by atoms with Crippen molar-refractivity contribution in [2.45, 2.75) is 32.1 Å². The van der Waals surface area contributed by atoms with Crippen molar-refractivity contribution in [1.82, 2.24) is 20.1 Å². The summed E-state index contributed by atoms with van der Waals surface area (Å²) in [5.74, 6) is -0.189. The third kappa shape index (κ3) is 6.19. The second-order valence-electron chi connectivity index (χ2n) is 7.05. The minimum atomic E-state index is -0.474. The Balaban J connectivity index is 1.58. The molecule has 2 aromatic carbocycles. The molecule has 0 atom stereocenters. The number of hydrogen-bond acceptors (Lipinski definition) is 7. The number of nitrogens with zero attached hydrogens (tertiary/aromatic N) is 3. The molecule has 2 amide bonds. The number of anilines is 1. The highest BCUT2D eigenvalue weighted by Crippen LogP contribution is 2.18. The molecule has 3 rings (SSSR count). The molecule has 0 radical (unpaired) electrons. The van der Waals surface area contributed by atoms with E-state index in [0.29, 0.717) is 34.3 Å². The zero-order valence-corrected chi connectivity index (χ0v) is 19.4. The molecule has 1 aromatic heterocycles. The first-order valence-corrected chi connectivity index (χ1v) is 11.3. The van der Waals surface area contributed by atoms with Crippen LogP contribution in [0.3, 0.4) is 0 Å². The zero-order valence-electron chi connectivity index (χ0n) is 18.6. The van der Waals surface area contributed by atoms with Gasteiger partial charge in [-0.15, -0.1) is 10.2 Å². The van der Waals surface area contributed by atoms with Crippen LogP contribution in [0, 0.1) is 6.92 Å². The Morgan fingerprint density at radius 3 is 2.61 bits per heavy atom. The molecular formula is C23H25N5O4S. The van der Waals surface area contributed by atoms with Gasteiger partial charge in [0, 0.05) is 17.8 Å². The molecular weight excluding hydrogens is 442 g/mol. The fraction of sp³-hybridized carbons (Fsp3) is 0.261. The second kappa shape index (κ2) is 11.3. The Morgan fingerprint density at radius 2 is 1.88 bits per heavy atom. The molecule has 2 N–H and O–H groups in total. The first kappa shape index (κ1) is 24.0. The number of rotatable bonds is 9. The Hall–Kier alpha value is -3.66. The number of aryl methyl sites for hydroxylation is 1. The van der Waals surface area contributed by atoms with E-state index in [-0.39, 0.29) is 24.1 Å². The maximum absolute atomic E-state index is 12.5. The Bertz CT molecular complexity index is 1160. The smallest absolute Gasteiger partial charge is 0.337 e. The summed E-state index contributed by atoms with van der Waals surface area (Å²) in [5.41, 5.74) is 2.36. The lowest BCUT2D eigenvalue weighted by atomic mass is 10.1. The quantitative estimate of drug-likeness (QED) is 0.367. The van der Waals surface area contributed by atoms with E-state index in [1.54, 1.807) is 30.3 Å². The molecule has 9 nitrogen and oxygen atoms in total. The Morgan fingerprint density at radius 1 is 1.09 bits per heavy atom. The number of aromatic nitrogens is 3. The van der Waals surface area contributed by atoms with Crippen LogP contribution in [0.1, 0.15) is 39.0 Å². The normalized spacial score (nSPS) is 10.5. The Kier molecular flexibility index (Phi) is 8.20. The van der Waals surface area contributed by atoms with E-state index in [1.807, 2.05) is 36.6 Å². The minimum absolute atomic E-state index is 0.107. The molecule has 10 heteroatoms. The molecule has 0 fully saturated rings. The summed E-state index contributed by atoms with van der Waals surface area (Å²) in [7, 11) is 1.30. The number of methoxy groups -OCH3 is 1. The van der Waals surface area contributed by atoms with Gasteiger partial charge in [0.1, 0.15) is 0 Å². The number of hydrogen-bond donors (Lipinski definition) is 2. The van der Waals surface area contributed by atoms with Crippen LogP contribution in [0.15, 0.2) is 53.7 Å². The van der Waals surface area contributed by atoms with Crippen molar-refractivity contribution in [2.24, 2.45) is 0 Å². The number of nitrogens with one attached hydrogen (secondary N) is 2. The van der Waals surface area contributed by atoms with Crippen LogP contribution < -0.4 is 10.6 Å². The van der Waals surface area contributed by atoms with Crippen molar-refractivity contribution in [2.75, 3.05) is 18.2 Å². The Labute approximate surface area is 195 Å². The van der Waals surface area contributed by atoms with Gasteiger partial charge in [-0.05, 0) is 43.7 Å².